The number of H-pyrrole nitrogens is 1. The van der Waals surface area contributed by atoms with Crippen LogP contribution in [0.15, 0.2) is 36.5 Å². The van der Waals surface area contributed by atoms with Crippen molar-refractivity contribution in [3.63, 3.8) is 0 Å². The molecule has 5 nitrogen and oxygen atoms in total. The first-order chi connectivity index (χ1) is 11.0. The maximum Gasteiger partial charge on any atom is 0.308 e. The van der Waals surface area contributed by atoms with E-state index in [9.17, 15) is 9.59 Å². The quantitative estimate of drug-likeness (QED) is 0.588. The van der Waals surface area contributed by atoms with Gasteiger partial charge in [-0.1, -0.05) is 17.7 Å². The number of aromatic nitrogens is 2. The van der Waals surface area contributed by atoms with E-state index in [-0.39, 0.29) is 17.2 Å². The maximum atomic E-state index is 12.8. The zero-order valence-corrected chi connectivity index (χ0v) is 13.3. The predicted octanol–water partition coefficient (Wildman–Crippen LogP) is 3.68. The summed E-state index contributed by atoms with van der Waals surface area (Å²) in [5.41, 5.74) is 1.88. The largest absolute Gasteiger partial charge is 0.424 e. The summed E-state index contributed by atoms with van der Waals surface area (Å²) in [4.78, 5) is 31.4. The normalized spacial score (nSPS) is 10.7. The molecule has 23 heavy (non-hydrogen) atoms. The van der Waals surface area contributed by atoms with Crippen molar-refractivity contribution in [2.24, 2.45) is 0 Å². The highest BCUT2D eigenvalue weighted by Gasteiger charge is 2.23. The Morgan fingerprint density at radius 1 is 1.26 bits per heavy atom. The number of carbonyl (C=O) groups excluding carboxylic acids is 2. The van der Waals surface area contributed by atoms with Crippen LogP contribution >= 0.6 is 11.6 Å². The highest BCUT2D eigenvalue weighted by Crippen LogP contribution is 2.33. The minimum atomic E-state index is -0.516. The van der Waals surface area contributed by atoms with Crippen molar-refractivity contribution in [1.82, 2.24) is 9.97 Å². The second kappa shape index (κ2) is 5.85. The summed E-state index contributed by atoms with van der Waals surface area (Å²) < 4.78 is 5.26. The van der Waals surface area contributed by atoms with Gasteiger partial charge in [0.05, 0.1) is 0 Å². The Kier molecular flexibility index (Phi) is 3.88. The summed E-state index contributed by atoms with van der Waals surface area (Å²) >= 11 is 6.01. The molecular weight excluding hydrogens is 316 g/mol. The number of halogens is 1. The number of aryl methyl sites for hydroxylation is 1. The second-order valence-electron chi connectivity index (χ2n) is 5.11. The van der Waals surface area contributed by atoms with Crippen molar-refractivity contribution in [3.8, 4) is 5.75 Å². The summed E-state index contributed by atoms with van der Waals surface area (Å²) in [7, 11) is 0. The van der Waals surface area contributed by atoms with E-state index in [4.69, 9.17) is 16.3 Å². The molecule has 6 heteroatoms. The van der Waals surface area contributed by atoms with Gasteiger partial charge in [0, 0.05) is 29.0 Å². The van der Waals surface area contributed by atoms with Crippen molar-refractivity contribution in [2.45, 2.75) is 13.8 Å². The number of nitrogens with zero attached hydrogens (tertiary/aromatic N) is 1. The van der Waals surface area contributed by atoms with Crippen LogP contribution in [0.3, 0.4) is 0 Å². The lowest BCUT2D eigenvalue weighted by atomic mass is 10.1. The van der Waals surface area contributed by atoms with Crippen LogP contribution in [0.5, 0.6) is 5.75 Å². The fourth-order valence-electron chi connectivity index (χ4n) is 2.39. The molecule has 2 heterocycles. The molecule has 0 saturated carbocycles. The predicted molar refractivity (Wildman–Crippen MR) is 87.0 cm³/mol. The topological polar surface area (TPSA) is 72.1 Å². The number of ketones is 1. The van der Waals surface area contributed by atoms with Gasteiger partial charge in [0.15, 0.2) is 5.75 Å². The first-order valence-electron chi connectivity index (χ1n) is 6.93. The molecule has 0 radical (unpaired) electrons. The third-order valence-electron chi connectivity index (χ3n) is 3.41. The van der Waals surface area contributed by atoms with Crippen molar-refractivity contribution in [1.29, 1.82) is 0 Å². The highest BCUT2D eigenvalue weighted by molar-refractivity contribution is 6.31. The number of benzene rings is 1. The molecule has 0 aliphatic rings. The number of ether oxygens (including phenoxy) is 1. The van der Waals surface area contributed by atoms with Crippen LogP contribution in [0.2, 0.25) is 5.02 Å². The molecular formula is C17H13ClN2O3. The van der Waals surface area contributed by atoms with Gasteiger partial charge in [0.2, 0.25) is 5.78 Å². The lowest BCUT2D eigenvalue weighted by Crippen LogP contribution is -2.10. The Balaban J connectivity index is 2.22. The van der Waals surface area contributed by atoms with Crippen LogP contribution in [0.1, 0.15) is 28.7 Å². The Labute approximate surface area is 137 Å². The molecule has 1 aromatic carbocycles. The third-order valence-corrected chi connectivity index (χ3v) is 3.65. The van der Waals surface area contributed by atoms with Crippen molar-refractivity contribution in [3.05, 3.63) is 58.5 Å². The van der Waals surface area contributed by atoms with E-state index < -0.39 is 5.97 Å². The lowest BCUT2D eigenvalue weighted by molar-refractivity contribution is -0.131. The number of carbonyl (C=O) groups is 2. The molecule has 3 aromatic rings. The van der Waals surface area contributed by atoms with Gasteiger partial charge < -0.3 is 9.72 Å². The smallest absolute Gasteiger partial charge is 0.308 e. The van der Waals surface area contributed by atoms with Crippen molar-refractivity contribution < 1.29 is 14.3 Å². The molecule has 0 atom stereocenters. The van der Waals surface area contributed by atoms with Crippen LogP contribution in [0.4, 0.5) is 0 Å². The first-order valence-corrected chi connectivity index (χ1v) is 7.31. The molecule has 0 amide bonds. The molecule has 0 saturated heterocycles. The highest BCUT2D eigenvalue weighted by atomic mass is 35.5. The summed E-state index contributed by atoms with van der Waals surface area (Å²) in [5.74, 6) is -0.686. The fourth-order valence-corrected chi connectivity index (χ4v) is 2.56. The molecule has 116 valence electrons. The van der Waals surface area contributed by atoms with E-state index in [0.717, 1.165) is 5.56 Å². The molecule has 1 N–H and O–H groups in total. The summed E-state index contributed by atoms with van der Waals surface area (Å²) in [6.07, 6.45) is 1.55. The van der Waals surface area contributed by atoms with Gasteiger partial charge in [-0.15, -0.1) is 0 Å². The van der Waals surface area contributed by atoms with Crippen LogP contribution in [-0.4, -0.2) is 21.7 Å². The van der Waals surface area contributed by atoms with E-state index in [0.29, 0.717) is 21.6 Å². The molecule has 0 spiro atoms. The van der Waals surface area contributed by atoms with Gasteiger partial charge in [0.25, 0.3) is 0 Å². The van der Waals surface area contributed by atoms with Crippen molar-refractivity contribution in [2.75, 3.05) is 0 Å². The Bertz CT molecular complexity index is 931. The van der Waals surface area contributed by atoms with Crippen LogP contribution in [-0.2, 0) is 4.79 Å². The van der Waals surface area contributed by atoms with E-state index >= 15 is 0 Å². The second-order valence-corrected chi connectivity index (χ2v) is 5.55. The number of esters is 1. The third kappa shape index (κ3) is 2.83. The zero-order chi connectivity index (χ0) is 16.6. The zero-order valence-electron chi connectivity index (χ0n) is 12.5. The first kappa shape index (κ1) is 15.2. The molecule has 3 rings (SSSR count). The van der Waals surface area contributed by atoms with Crippen LogP contribution in [0.25, 0.3) is 10.9 Å². The minimum absolute atomic E-state index is 0.171. The van der Waals surface area contributed by atoms with Gasteiger partial charge in [-0.05, 0) is 36.8 Å². The molecule has 0 aliphatic heterocycles. The van der Waals surface area contributed by atoms with Crippen LogP contribution in [0, 0.1) is 6.92 Å². The summed E-state index contributed by atoms with van der Waals surface area (Å²) in [6, 6.07) is 8.62. The number of pyridine rings is 1. The number of rotatable bonds is 3. The van der Waals surface area contributed by atoms with Gasteiger partial charge >= 0.3 is 5.97 Å². The average Bonchev–Trinajstić information content (AvgIpc) is 2.84. The molecule has 0 unspecified atom stereocenters. The Morgan fingerprint density at radius 2 is 2.04 bits per heavy atom. The fraction of sp³-hybridized carbons (Fsp3) is 0.118. The molecule has 2 aromatic heterocycles. The van der Waals surface area contributed by atoms with Gasteiger partial charge in [0.1, 0.15) is 11.4 Å². The monoisotopic (exact) mass is 328 g/mol. The summed E-state index contributed by atoms with van der Waals surface area (Å²) in [6.45, 7) is 3.08. The lowest BCUT2D eigenvalue weighted by Gasteiger charge is -2.05. The van der Waals surface area contributed by atoms with Gasteiger partial charge in [-0.3, -0.25) is 14.6 Å². The molecule has 0 fully saturated rings. The Morgan fingerprint density at radius 3 is 2.74 bits per heavy atom. The van der Waals surface area contributed by atoms with E-state index in [1.54, 1.807) is 43.5 Å². The number of hydrogen-bond acceptors (Lipinski definition) is 4. The van der Waals surface area contributed by atoms with E-state index in [1.807, 2.05) is 0 Å². The number of hydrogen-bond donors (Lipinski definition) is 1. The SMILES string of the molecule is CC(=O)Oc1c(C(=O)c2ncccc2C)[nH]c2ccc(Cl)cc12. The van der Waals surface area contributed by atoms with E-state index in [1.165, 1.54) is 6.92 Å². The number of nitrogens with one attached hydrogen (secondary N) is 1. The molecule has 0 bridgehead atoms. The standard InChI is InChI=1S/C17H13ClN2O3/c1-9-4-3-7-19-14(9)16(22)15-17(23-10(2)21)12-8-11(18)5-6-13(12)20-15/h3-8,20H,1-2H3. The van der Waals surface area contributed by atoms with Gasteiger partial charge in [-0.2, -0.15) is 0 Å². The number of aromatic amines is 1. The van der Waals surface area contributed by atoms with E-state index in [2.05, 4.69) is 9.97 Å². The molecule has 0 aliphatic carbocycles. The minimum Gasteiger partial charge on any atom is -0.424 e. The average molecular weight is 329 g/mol. The number of fused-ring (bicyclic) bond motifs is 1. The van der Waals surface area contributed by atoms with Crippen molar-refractivity contribution >= 4 is 34.3 Å². The van der Waals surface area contributed by atoms with Crippen LogP contribution < -0.4 is 4.74 Å². The van der Waals surface area contributed by atoms with Gasteiger partial charge in [-0.25, -0.2) is 0 Å². The Hall–Kier alpha value is -2.66. The maximum absolute atomic E-state index is 12.8. The summed E-state index contributed by atoms with van der Waals surface area (Å²) in [5, 5.41) is 1.06.